The van der Waals surface area contributed by atoms with Crippen LogP contribution < -0.4 is 5.32 Å². The molecule has 1 aliphatic heterocycles. The zero-order valence-electron chi connectivity index (χ0n) is 6.13. The van der Waals surface area contributed by atoms with Crippen LogP contribution >= 0.6 is 0 Å². The van der Waals surface area contributed by atoms with Crippen molar-refractivity contribution in [3.05, 3.63) is 0 Å². The first-order valence-corrected chi connectivity index (χ1v) is 3.61. The Bertz CT molecular complexity index is 77.0. The molecule has 0 aromatic heterocycles. The standard InChI is InChI=1S/C7H14NO/c1-3-7-4-8-6(2)5-9-7/h6-7H,3-5H2,1-2H3. The van der Waals surface area contributed by atoms with Crippen LogP contribution in [0.25, 0.3) is 0 Å². The molecule has 0 aliphatic carbocycles. The summed E-state index contributed by atoms with van der Waals surface area (Å²) in [5, 5.41) is 4.36. The Kier molecular flexibility index (Phi) is 2.49. The largest absolute Gasteiger partial charge is 0.375 e. The Balaban J connectivity index is 2.18. The molecular formula is C7H14NO. The fourth-order valence-electron chi connectivity index (χ4n) is 0.925. The summed E-state index contributed by atoms with van der Waals surface area (Å²) < 4.78 is 5.45. The number of hydrogen-bond donors (Lipinski definition) is 0. The number of ether oxygens (including phenoxy) is 1. The van der Waals surface area contributed by atoms with Crippen LogP contribution in [0.1, 0.15) is 20.3 Å². The highest BCUT2D eigenvalue weighted by Crippen LogP contribution is 2.04. The molecule has 0 bridgehead atoms. The van der Waals surface area contributed by atoms with Gasteiger partial charge in [0.05, 0.1) is 12.7 Å². The third-order valence-electron chi connectivity index (χ3n) is 1.65. The fourth-order valence-corrected chi connectivity index (χ4v) is 0.925. The summed E-state index contributed by atoms with van der Waals surface area (Å²) in [6.45, 7) is 5.94. The predicted octanol–water partition coefficient (Wildman–Crippen LogP) is 0.788. The highest BCUT2D eigenvalue weighted by Gasteiger charge is 2.16. The zero-order valence-corrected chi connectivity index (χ0v) is 6.13. The van der Waals surface area contributed by atoms with Crippen LogP contribution in [0.4, 0.5) is 0 Å². The first-order chi connectivity index (χ1) is 4.33. The molecule has 0 amide bonds. The number of nitrogens with zero attached hydrogens (tertiary/aromatic N) is 1. The van der Waals surface area contributed by atoms with Gasteiger partial charge in [0, 0.05) is 12.6 Å². The summed E-state index contributed by atoms with van der Waals surface area (Å²) in [5.74, 6) is 0. The van der Waals surface area contributed by atoms with Crippen molar-refractivity contribution in [2.24, 2.45) is 0 Å². The zero-order chi connectivity index (χ0) is 6.69. The van der Waals surface area contributed by atoms with Crippen LogP contribution in [0, 0.1) is 0 Å². The van der Waals surface area contributed by atoms with E-state index in [1.165, 1.54) is 0 Å². The summed E-state index contributed by atoms with van der Waals surface area (Å²) in [6.07, 6.45) is 1.50. The second-order valence-electron chi connectivity index (χ2n) is 2.58. The van der Waals surface area contributed by atoms with E-state index in [-0.39, 0.29) is 0 Å². The third kappa shape index (κ3) is 1.95. The molecule has 1 radical (unpaired) electrons. The summed E-state index contributed by atoms with van der Waals surface area (Å²) in [6, 6.07) is 0.424. The van der Waals surface area contributed by atoms with Crippen LogP contribution in [0.5, 0.6) is 0 Å². The van der Waals surface area contributed by atoms with Gasteiger partial charge in [0.15, 0.2) is 0 Å². The Morgan fingerprint density at radius 3 is 2.89 bits per heavy atom. The van der Waals surface area contributed by atoms with Crippen LogP contribution in [-0.2, 0) is 4.74 Å². The van der Waals surface area contributed by atoms with Gasteiger partial charge < -0.3 is 4.74 Å². The van der Waals surface area contributed by atoms with Crippen LogP contribution in [-0.4, -0.2) is 25.3 Å². The van der Waals surface area contributed by atoms with Gasteiger partial charge >= 0.3 is 0 Å². The molecule has 0 aromatic carbocycles. The van der Waals surface area contributed by atoms with Crippen molar-refractivity contribution in [1.82, 2.24) is 5.32 Å². The van der Waals surface area contributed by atoms with E-state index in [1.54, 1.807) is 0 Å². The van der Waals surface area contributed by atoms with Crippen molar-refractivity contribution in [3.63, 3.8) is 0 Å². The van der Waals surface area contributed by atoms with Crippen LogP contribution in [0.2, 0.25) is 0 Å². The molecule has 1 heterocycles. The number of morpholine rings is 1. The molecule has 0 spiro atoms. The first kappa shape index (κ1) is 7.03. The summed E-state index contributed by atoms with van der Waals surface area (Å²) in [7, 11) is 0. The lowest BCUT2D eigenvalue weighted by molar-refractivity contribution is 0.00460. The van der Waals surface area contributed by atoms with Gasteiger partial charge in [-0.2, -0.15) is 0 Å². The second kappa shape index (κ2) is 3.18. The maximum Gasteiger partial charge on any atom is 0.0714 e. The quantitative estimate of drug-likeness (QED) is 0.512. The normalized spacial score (nSPS) is 36.7. The maximum absolute atomic E-state index is 5.45. The van der Waals surface area contributed by atoms with Gasteiger partial charge in [-0.15, -0.1) is 0 Å². The molecule has 2 unspecified atom stereocenters. The average molecular weight is 128 g/mol. The highest BCUT2D eigenvalue weighted by molar-refractivity contribution is 4.70. The topological polar surface area (TPSA) is 23.3 Å². The molecule has 1 rings (SSSR count). The molecule has 1 fully saturated rings. The van der Waals surface area contributed by atoms with Gasteiger partial charge in [-0.25, -0.2) is 5.32 Å². The van der Waals surface area contributed by atoms with Crippen molar-refractivity contribution in [2.75, 3.05) is 13.2 Å². The molecule has 9 heavy (non-hydrogen) atoms. The van der Waals surface area contributed by atoms with Gasteiger partial charge in [0.2, 0.25) is 0 Å². The minimum Gasteiger partial charge on any atom is -0.375 e. The smallest absolute Gasteiger partial charge is 0.0714 e. The minimum atomic E-state index is 0.404. The van der Waals surface area contributed by atoms with Crippen molar-refractivity contribution < 1.29 is 4.74 Å². The van der Waals surface area contributed by atoms with Crippen LogP contribution in [0.15, 0.2) is 0 Å². The summed E-state index contributed by atoms with van der Waals surface area (Å²) >= 11 is 0. The molecule has 53 valence electrons. The van der Waals surface area contributed by atoms with Gasteiger partial charge in [0.1, 0.15) is 0 Å². The molecule has 2 atom stereocenters. The Morgan fingerprint density at radius 1 is 1.67 bits per heavy atom. The molecule has 2 heteroatoms. The maximum atomic E-state index is 5.45. The molecule has 0 N–H and O–H groups in total. The van der Waals surface area contributed by atoms with E-state index >= 15 is 0 Å². The lowest BCUT2D eigenvalue weighted by Gasteiger charge is -2.25. The molecular weight excluding hydrogens is 114 g/mol. The minimum absolute atomic E-state index is 0.404. The number of hydrogen-bond acceptors (Lipinski definition) is 1. The Hall–Kier alpha value is -0.0800. The number of rotatable bonds is 1. The van der Waals surface area contributed by atoms with Crippen molar-refractivity contribution in [2.45, 2.75) is 32.4 Å². The van der Waals surface area contributed by atoms with Crippen molar-refractivity contribution in [3.8, 4) is 0 Å². The summed E-state index contributed by atoms with van der Waals surface area (Å²) in [5.41, 5.74) is 0. The van der Waals surface area contributed by atoms with Crippen molar-refractivity contribution in [1.29, 1.82) is 0 Å². The Labute approximate surface area is 56.6 Å². The van der Waals surface area contributed by atoms with E-state index < -0.39 is 0 Å². The van der Waals surface area contributed by atoms with E-state index in [2.05, 4.69) is 19.2 Å². The first-order valence-electron chi connectivity index (χ1n) is 3.61. The van der Waals surface area contributed by atoms with Gasteiger partial charge in [0.25, 0.3) is 0 Å². The average Bonchev–Trinajstić information content (AvgIpc) is 1.90. The second-order valence-corrected chi connectivity index (χ2v) is 2.58. The van der Waals surface area contributed by atoms with Gasteiger partial charge in [-0.3, -0.25) is 0 Å². The monoisotopic (exact) mass is 128 g/mol. The molecule has 1 aliphatic rings. The lowest BCUT2D eigenvalue weighted by atomic mass is 10.2. The van der Waals surface area contributed by atoms with E-state index in [4.69, 9.17) is 4.74 Å². The summed E-state index contributed by atoms with van der Waals surface area (Å²) in [4.78, 5) is 0. The molecule has 0 saturated carbocycles. The van der Waals surface area contributed by atoms with Gasteiger partial charge in [-0.05, 0) is 13.3 Å². The molecule has 2 nitrogen and oxygen atoms in total. The third-order valence-corrected chi connectivity index (χ3v) is 1.65. The lowest BCUT2D eigenvalue weighted by Crippen LogP contribution is -2.39. The fraction of sp³-hybridized carbons (Fsp3) is 1.00. The highest BCUT2D eigenvalue weighted by atomic mass is 16.5. The van der Waals surface area contributed by atoms with E-state index in [0.29, 0.717) is 12.1 Å². The van der Waals surface area contributed by atoms with Gasteiger partial charge in [-0.1, -0.05) is 6.92 Å². The van der Waals surface area contributed by atoms with E-state index in [9.17, 15) is 0 Å². The van der Waals surface area contributed by atoms with E-state index in [0.717, 1.165) is 19.6 Å². The SMILES string of the molecule is CCC1C[N]C(C)CO1. The van der Waals surface area contributed by atoms with Crippen LogP contribution in [0.3, 0.4) is 0 Å². The predicted molar refractivity (Wildman–Crippen MR) is 36.5 cm³/mol. The van der Waals surface area contributed by atoms with Crippen molar-refractivity contribution >= 4 is 0 Å². The molecule has 0 aromatic rings. The van der Waals surface area contributed by atoms with E-state index in [1.807, 2.05) is 0 Å². The molecule has 1 saturated heterocycles. The Morgan fingerprint density at radius 2 is 2.44 bits per heavy atom.